The number of fused-ring (bicyclic) bond motifs is 8. The van der Waals surface area contributed by atoms with Crippen molar-refractivity contribution in [1.29, 1.82) is 0 Å². The van der Waals surface area contributed by atoms with Crippen LogP contribution in [0, 0.1) is 6.92 Å². The summed E-state index contributed by atoms with van der Waals surface area (Å²) in [6.07, 6.45) is 2.25. The van der Waals surface area contributed by atoms with Crippen LogP contribution in [0.2, 0.25) is 0 Å². The van der Waals surface area contributed by atoms with Crippen molar-refractivity contribution in [2.45, 2.75) is 6.92 Å². The third kappa shape index (κ3) is 1.67. The molecule has 0 saturated heterocycles. The minimum atomic E-state index is 1.28. The molecule has 0 aliphatic rings. The predicted octanol–water partition coefficient (Wildman–Crippen LogP) is 5.43. The molecule has 0 bridgehead atoms. The molecule has 0 unspecified atom stereocenters. The zero-order valence-corrected chi connectivity index (χ0v) is 13.9. The first-order valence-electron chi connectivity index (χ1n) is 8.37. The van der Waals surface area contributed by atoms with Gasteiger partial charge in [0.15, 0.2) is 6.20 Å². The molecule has 0 fully saturated rings. The molecule has 1 aromatic heterocycles. The third-order valence-corrected chi connectivity index (χ3v) is 5.15. The average molecular weight is 308 g/mol. The minimum Gasteiger partial charge on any atom is -0.200 e. The molecule has 114 valence electrons. The van der Waals surface area contributed by atoms with Crippen LogP contribution >= 0.6 is 0 Å². The Kier molecular flexibility index (Phi) is 2.69. The van der Waals surface area contributed by atoms with Gasteiger partial charge in [0.2, 0.25) is 5.52 Å². The fourth-order valence-electron chi connectivity index (χ4n) is 4.13. The Morgan fingerprint density at radius 2 is 1.25 bits per heavy atom. The molecule has 0 amide bonds. The summed E-state index contributed by atoms with van der Waals surface area (Å²) in [7, 11) is 2.16. The molecule has 0 radical (unpaired) electrons. The molecule has 4 aromatic carbocycles. The van der Waals surface area contributed by atoms with Crippen LogP contribution in [0.25, 0.3) is 43.2 Å². The van der Waals surface area contributed by atoms with Crippen molar-refractivity contribution in [2.24, 2.45) is 7.05 Å². The number of nitrogens with zero attached hydrogens (tertiary/aromatic N) is 1. The lowest BCUT2D eigenvalue weighted by Gasteiger charge is -2.12. The van der Waals surface area contributed by atoms with Crippen LogP contribution in [-0.4, -0.2) is 0 Å². The third-order valence-electron chi connectivity index (χ3n) is 5.15. The quantitative estimate of drug-likeness (QED) is 0.265. The maximum Gasteiger partial charge on any atom is 0.221 e. The van der Waals surface area contributed by atoms with Gasteiger partial charge in [0.25, 0.3) is 0 Å². The maximum atomic E-state index is 2.29. The molecule has 5 rings (SSSR count). The molecule has 0 atom stereocenters. The fraction of sp³-hybridized carbons (Fsp3) is 0.0870. The van der Waals surface area contributed by atoms with Crippen LogP contribution in [0.4, 0.5) is 0 Å². The molecule has 1 heteroatoms. The van der Waals surface area contributed by atoms with Crippen molar-refractivity contribution in [1.82, 2.24) is 0 Å². The standard InChI is InChI=1S/C23H18N/c1-15-8-7-13-19-18-11-5-6-12-20(18)22-17-10-4-3-9-16(17)14-24(2)23(22)21(15)19/h3-14H,1-2H3/q+1. The molecule has 0 aliphatic heterocycles. The van der Waals surface area contributed by atoms with Gasteiger partial charge in [-0.05, 0) is 34.7 Å². The lowest BCUT2D eigenvalue weighted by Crippen LogP contribution is -2.28. The Labute approximate surface area is 140 Å². The molecule has 0 spiro atoms. The first kappa shape index (κ1) is 13.5. The smallest absolute Gasteiger partial charge is 0.200 e. The van der Waals surface area contributed by atoms with Gasteiger partial charge in [0.1, 0.15) is 7.05 Å². The maximum absolute atomic E-state index is 2.29. The second-order valence-corrected chi connectivity index (χ2v) is 6.59. The molecule has 24 heavy (non-hydrogen) atoms. The Balaban J connectivity index is 2.28. The van der Waals surface area contributed by atoms with Crippen LogP contribution in [0.1, 0.15) is 5.56 Å². The summed E-state index contributed by atoms with van der Waals surface area (Å²) in [6, 6.07) is 24.1. The first-order valence-corrected chi connectivity index (χ1v) is 8.37. The number of hydrogen-bond donors (Lipinski definition) is 0. The summed E-state index contributed by atoms with van der Waals surface area (Å²) in [5, 5.41) is 9.33. The van der Waals surface area contributed by atoms with E-state index in [1.165, 1.54) is 48.8 Å². The zero-order chi connectivity index (χ0) is 16.3. The van der Waals surface area contributed by atoms with E-state index in [2.05, 4.69) is 91.5 Å². The van der Waals surface area contributed by atoms with Gasteiger partial charge >= 0.3 is 0 Å². The fourth-order valence-corrected chi connectivity index (χ4v) is 4.13. The highest BCUT2D eigenvalue weighted by molar-refractivity contribution is 6.29. The van der Waals surface area contributed by atoms with Gasteiger partial charge in [-0.2, -0.15) is 4.57 Å². The first-order chi connectivity index (χ1) is 11.8. The van der Waals surface area contributed by atoms with Crippen molar-refractivity contribution >= 4 is 43.2 Å². The van der Waals surface area contributed by atoms with E-state index in [0.29, 0.717) is 0 Å². The zero-order valence-electron chi connectivity index (χ0n) is 13.9. The van der Waals surface area contributed by atoms with Gasteiger partial charge < -0.3 is 0 Å². The van der Waals surface area contributed by atoms with E-state index >= 15 is 0 Å². The molecule has 0 saturated carbocycles. The highest BCUT2D eigenvalue weighted by atomic mass is 14.9. The van der Waals surface area contributed by atoms with E-state index in [1.807, 2.05) is 0 Å². The van der Waals surface area contributed by atoms with E-state index in [9.17, 15) is 0 Å². The summed E-state index contributed by atoms with van der Waals surface area (Å²) in [5.74, 6) is 0. The van der Waals surface area contributed by atoms with E-state index in [4.69, 9.17) is 0 Å². The van der Waals surface area contributed by atoms with Crippen LogP contribution in [0.5, 0.6) is 0 Å². The second kappa shape index (κ2) is 4.78. The largest absolute Gasteiger partial charge is 0.221 e. The second-order valence-electron chi connectivity index (χ2n) is 6.59. The van der Waals surface area contributed by atoms with Crippen LogP contribution in [-0.2, 0) is 7.05 Å². The lowest BCUT2D eigenvalue weighted by molar-refractivity contribution is -0.642. The van der Waals surface area contributed by atoms with Gasteiger partial charge in [0.05, 0.1) is 10.8 Å². The number of hydrogen-bond acceptors (Lipinski definition) is 0. The molecule has 1 heterocycles. The van der Waals surface area contributed by atoms with Gasteiger partial charge in [-0.3, -0.25) is 0 Å². The Bertz CT molecular complexity index is 1260. The highest BCUT2D eigenvalue weighted by Crippen LogP contribution is 2.37. The van der Waals surface area contributed by atoms with E-state index in [-0.39, 0.29) is 0 Å². The summed E-state index contributed by atoms with van der Waals surface area (Å²) in [5.41, 5.74) is 2.65. The number of aryl methyl sites for hydroxylation is 2. The van der Waals surface area contributed by atoms with Crippen molar-refractivity contribution in [2.75, 3.05) is 0 Å². The van der Waals surface area contributed by atoms with Gasteiger partial charge in [-0.25, -0.2) is 0 Å². The monoisotopic (exact) mass is 308 g/mol. The highest BCUT2D eigenvalue weighted by Gasteiger charge is 2.19. The average Bonchev–Trinajstić information content (AvgIpc) is 2.61. The number of pyridine rings is 1. The van der Waals surface area contributed by atoms with Crippen molar-refractivity contribution < 1.29 is 4.57 Å². The Hall–Kier alpha value is -2.93. The van der Waals surface area contributed by atoms with Crippen LogP contribution < -0.4 is 4.57 Å². The van der Waals surface area contributed by atoms with Crippen molar-refractivity contribution in [3.05, 3.63) is 78.5 Å². The molecular weight excluding hydrogens is 290 g/mol. The summed E-state index contributed by atoms with van der Waals surface area (Å²) < 4.78 is 2.29. The number of aromatic nitrogens is 1. The SMILES string of the molecule is Cc1cccc2c3ccccc3c3c4ccccc4c[n+](C)c3c12. The van der Waals surface area contributed by atoms with E-state index in [1.54, 1.807) is 0 Å². The topological polar surface area (TPSA) is 3.88 Å². The Morgan fingerprint density at radius 1 is 0.625 bits per heavy atom. The molecule has 1 nitrogen and oxygen atoms in total. The number of rotatable bonds is 0. The molecular formula is C23H18N+. The summed E-state index contributed by atoms with van der Waals surface area (Å²) in [6.45, 7) is 2.21. The molecule has 5 aromatic rings. The molecule has 0 N–H and O–H groups in total. The van der Waals surface area contributed by atoms with Crippen molar-refractivity contribution in [3.8, 4) is 0 Å². The Morgan fingerprint density at radius 3 is 2.08 bits per heavy atom. The van der Waals surface area contributed by atoms with Gasteiger partial charge in [-0.1, -0.05) is 60.7 Å². The summed E-state index contributed by atoms with van der Waals surface area (Å²) >= 11 is 0. The summed E-state index contributed by atoms with van der Waals surface area (Å²) in [4.78, 5) is 0. The van der Waals surface area contributed by atoms with Gasteiger partial charge in [-0.15, -0.1) is 0 Å². The van der Waals surface area contributed by atoms with Crippen molar-refractivity contribution in [3.63, 3.8) is 0 Å². The number of benzene rings is 4. The lowest BCUT2D eigenvalue weighted by atomic mass is 9.92. The van der Waals surface area contributed by atoms with Gasteiger partial charge in [0, 0.05) is 10.8 Å². The minimum absolute atomic E-state index is 1.28. The van der Waals surface area contributed by atoms with E-state index in [0.717, 1.165) is 0 Å². The molecule has 0 aliphatic carbocycles. The van der Waals surface area contributed by atoms with Crippen LogP contribution in [0.3, 0.4) is 0 Å². The van der Waals surface area contributed by atoms with Crippen LogP contribution in [0.15, 0.2) is 72.9 Å². The normalized spacial score (nSPS) is 11.8. The predicted molar refractivity (Wildman–Crippen MR) is 102 cm³/mol. The van der Waals surface area contributed by atoms with E-state index < -0.39 is 0 Å².